The van der Waals surface area contributed by atoms with E-state index in [0.29, 0.717) is 12.1 Å². The molecular weight excluding hydrogens is 619 g/mol. The van der Waals surface area contributed by atoms with E-state index < -0.39 is 28.5 Å². The Bertz CT molecular complexity index is 1820. The van der Waals surface area contributed by atoms with Crippen LogP contribution in [0, 0.1) is 27.7 Å². The predicted molar refractivity (Wildman–Crippen MR) is 192 cm³/mol. The maximum Gasteiger partial charge on any atom is 0.264 e. The molecule has 1 saturated carbocycles. The molecule has 1 unspecified atom stereocenters. The first-order valence-corrected chi connectivity index (χ1v) is 18.3. The number of nitrogens with one attached hydrogen (secondary N) is 1. The molecule has 0 radical (unpaired) electrons. The molecule has 252 valence electrons. The Morgan fingerprint density at radius 2 is 1.44 bits per heavy atom. The summed E-state index contributed by atoms with van der Waals surface area (Å²) in [6, 6.07) is 28.8. The number of benzene rings is 4. The van der Waals surface area contributed by atoms with Gasteiger partial charge in [0.15, 0.2) is 0 Å². The number of hydrogen-bond acceptors (Lipinski definition) is 4. The Balaban J connectivity index is 1.58. The highest BCUT2D eigenvalue weighted by Gasteiger charge is 2.35. The van der Waals surface area contributed by atoms with E-state index in [-0.39, 0.29) is 23.4 Å². The molecule has 4 aromatic carbocycles. The van der Waals surface area contributed by atoms with Crippen LogP contribution in [0.1, 0.15) is 65.5 Å². The third-order valence-electron chi connectivity index (χ3n) is 9.49. The number of sulfonamides is 1. The second-order valence-electron chi connectivity index (χ2n) is 13.1. The number of carbonyl (C=O) groups excluding carboxylic acids is 2. The summed E-state index contributed by atoms with van der Waals surface area (Å²) in [4.78, 5) is 30.8. The summed E-state index contributed by atoms with van der Waals surface area (Å²) in [5.74, 6) is -0.668. The zero-order valence-electron chi connectivity index (χ0n) is 28.5. The minimum Gasteiger partial charge on any atom is -0.352 e. The summed E-state index contributed by atoms with van der Waals surface area (Å²) in [5, 5.41) is 3.27. The molecule has 0 aliphatic heterocycles. The van der Waals surface area contributed by atoms with Gasteiger partial charge in [0.25, 0.3) is 10.0 Å². The van der Waals surface area contributed by atoms with Crippen molar-refractivity contribution >= 4 is 27.5 Å². The first kappa shape index (κ1) is 34.9. The number of aryl methyl sites for hydroxylation is 4. The zero-order valence-corrected chi connectivity index (χ0v) is 29.3. The van der Waals surface area contributed by atoms with Crippen molar-refractivity contribution in [3.8, 4) is 0 Å². The lowest BCUT2D eigenvalue weighted by Crippen LogP contribution is -2.55. The summed E-state index contributed by atoms with van der Waals surface area (Å²) < 4.78 is 29.9. The van der Waals surface area contributed by atoms with Crippen molar-refractivity contribution in [2.75, 3.05) is 10.8 Å². The molecule has 0 saturated heterocycles. The monoisotopic (exact) mass is 665 g/mol. The normalized spacial score (nSPS) is 14.2. The first-order chi connectivity index (χ1) is 23.0. The molecular formula is C40H47N3O4S. The van der Waals surface area contributed by atoms with E-state index in [2.05, 4.69) is 5.32 Å². The third-order valence-corrected chi connectivity index (χ3v) is 11.3. The van der Waals surface area contributed by atoms with Crippen LogP contribution in [-0.4, -0.2) is 43.8 Å². The van der Waals surface area contributed by atoms with E-state index in [1.54, 1.807) is 41.3 Å². The number of rotatable bonds is 12. The number of anilines is 1. The van der Waals surface area contributed by atoms with Crippen LogP contribution in [-0.2, 0) is 32.6 Å². The highest BCUT2D eigenvalue weighted by molar-refractivity contribution is 7.92. The fraction of sp³-hybridized carbons (Fsp3) is 0.350. The van der Waals surface area contributed by atoms with Gasteiger partial charge in [0.05, 0.1) is 10.6 Å². The van der Waals surface area contributed by atoms with Crippen molar-refractivity contribution in [3.63, 3.8) is 0 Å². The van der Waals surface area contributed by atoms with Gasteiger partial charge < -0.3 is 10.2 Å². The van der Waals surface area contributed by atoms with Crippen LogP contribution in [0.3, 0.4) is 0 Å². The summed E-state index contributed by atoms with van der Waals surface area (Å²) >= 11 is 0. The van der Waals surface area contributed by atoms with E-state index in [0.717, 1.165) is 65.5 Å². The van der Waals surface area contributed by atoms with Gasteiger partial charge in [0, 0.05) is 19.0 Å². The molecule has 1 atom stereocenters. The maximum atomic E-state index is 14.8. The molecule has 1 N–H and O–H groups in total. The Morgan fingerprint density at radius 1 is 0.771 bits per heavy atom. The fourth-order valence-electron chi connectivity index (χ4n) is 6.32. The number of amides is 2. The van der Waals surface area contributed by atoms with Crippen LogP contribution in [0.15, 0.2) is 102 Å². The largest absolute Gasteiger partial charge is 0.352 e. The van der Waals surface area contributed by atoms with Crippen molar-refractivity contribution in [1.82, 2.24) is 10.2 Å². The van der Waals surface area contributed by atoms with E-state index in [1.807, 2.05) is 88.4 Å². The van der Waals surface area contributed by atoms with Crippen LogP contribution in [0.5, 0.6) is 0 Å². The van der Waals surface area contributed by atoms with Gasteiger partial charge in [-0.15, -0.1) is 0 Å². The van der Waals surface area contributed by atoms with E-state index in [4.69, 9.17) is 0 Å². The van der Waals surface area contributed by atoms with Crippen molar-refractivity contribution in [2.24, 2.45) is 0 Å². The molecule has 0 bridgehead atoms. The van der Waals surface area contributed by atoms with Crippen molar-refractivity contribution in [3.05, 3.63) is 130 Å². The fourth-order valence-corrected chi connectivity index (χ4v) is 7.72. The van der Waals surface area contributed by atoms with Gasteiger partial charge in [-0.05, 0) is 92.6 Å². The molecule has 5 rings (SSSR count). The molecule has 1 aliphatic rings. The lowest BCUT2D eigenvalue weighted by molar-refractivity contribution is -0.140. The minimum atomic E-state index is -4.15. The molecule has 2 amide bonds. The van der Waals surface area contributed by atoms with Crippen molar-refractivity contribution < 1.29 is 18.0 Å². The van der Waals surface area contributed by atoms with Crippen LogP contribution in [0.2, 0.25) is 0 Å². The van der Waals surface area contributed by atoms with Gasteiger partial charge in [-0.2, -0.15) is 0 Å². The molecule has 7 nitrogen and oxygen atoms in total. The molecule has 1 aliphatic carbocycles. The molecule has 0 spiro atoms. The second kappa shape index (κ2) is 15.6. The van der Waals surface area contributed by atoms with Crippen molar-refractivity contribution in [1.29, 1.82) is 0 Å². The Kier molecular flexibility index (Phi) is 11.4. The van der Waals surface area contributed by atoms with E-state index >= 15 is 0 Å². The van der Waals surface area contributed by atoms with Crippen LogP contribution >= 0.6 is 0 Å². The number of carbonyl (C=O) groups is 2. The number of nitrogens with zero attached hydrogens (tertiary/aromatic N) is 2. The molecule has 8 heteroatoms. The Hall–Kier alpha value is -4.43. The molecule has 0 aromatic heterocycles. The maximum absolute atomic E-state index is 14.8. The SMILES string of the molecule is Cc1ccc(S(=O)(=O)N(CC(=O)N(Cc2ccccc2C)C(Cc2ccccc2)C(=O)NC2CCCCC2)c2ccc(C)c(C)c2)cc1. The average Bonchev–Trinajstić information content (AvgIpc) is 3.08. The second-order valence-corrected chi connectivity index (χ2v) is 15.0. The smallest absolute Gasteiger partial charge is 0.264 e. The van der Waals surface area contributed by atoms with Gasteiger partial charge in [-0.3, -0.25) is 13.9 Å². The Morgan fingerprint density at radius 3 is 2.10 bits per heavy atom. The summed E-state index contributed by atoms with van der Waals surface area (Å²) in [5.41, 5.74) is 6.06. The average molecular weight is 666 g/mol. The first-order valence-electron chi connectivity index (χ1n) is 16.9. The highest BCUT2D eigenvalue weighted by Crippen LogP contribution is 2.28. The third kappa shape index (κ3) is 8.53. The molecule has 4 aromatic rings. The summed E-state index contributed by atoms with van der Waals surface area (Å²) in [7, 11) is -4.15. The van der Waals surface area contributed by atoms with Gasteiger partial charge in [-0.25, -0.2) is 8.42 Å². The van der Waals surface area contributed by atoms with E-state index in [1.165, 1.54) is 4.31 Å². The zero-order chi connectivity index (χ0) is 34.3. The van der Waals surface area contributed by atoms with Crippen LogP contribution in [0.4, 0.5) is 5.69 Å². The Labute approximate surface area is 286 Å². The van der Waals surface area contributed by atoms with Gasteiger partial charge in [-0.1, -0.05) is 97.6 Å². The summed E-state index contributed by atoms with van der Waals surface area (Å²) in [6.07, 6.45) is 5.38. The highest BCUT2D eigenvalue weighted by atomic mass is 32.2. The van der Waals surface area contributed by atoms with Gasteiger partial charge in [0.1, 0.15) is 12.6 Å². The lowest BCUT2D eigenvalue weighted by Gasteiger charge is -2.35. The predicted octanol–water partition coefficient (Wildman–Crippen LogP) is 7.20. The standard InChI is InChI=1S/C40H47N3O4S/c1-29-19-23-37(24-20-29)48(46,47)43(36-22-21-30(2)32(4)25-36)28-39(44)42(27-34-16-12-11-13-31(34)3)38(26-33-14-7-5-8-15-33)40(45)41-35-17-9-6-10-18-35/h5,7-8,11-16,19-25,35,38H,6,9-10,17-18,26-28H2,1-4H3,(H,41,45). The van der Waals surface area contributed by atoms with E-state index in [9.17, 15) is 18.0 Å². The quantitative estimate of drug-likeness (QED) is 0.173. The number of hydrogen-bond donors (Lipinski definition) is 1. The topological polar surface area (TPSA) is 86.8 Å². The van der Waals surface area contributed by atoms with Gasteiger partial charge >= 0.3 is 0 Å². The van der Waals surface area contributed by atoms with Gasteiger partial charge in [0.2, 0.25) is 11.8 Å². The molecule has 1 fully saturated rings. The summed E-state index contributed by atoms with van der Waals surface area (Å²) in [6.45, 7) is 7.46. The van der Waals surface area contributed by atoms with Crippen LogP contribution in [0.25, 0.3) is 0 Å². The minimum absolute atomic E-state index is 0.0499. The van der Waals surface area contributed by atoms with Crippen LogP contribution < -0.4 is 9.62 Å². The molecule has 48 heavy (non-hydrogen) atoms. The van der Waals surface area contributed by atoms with Crippen molar-refractivity contribution in [2.45, 2.75) is 89.7 Å². The lowest BCUT2D eigenvalue weighted by atomic mass is 9.94. The molecule has 0 heterocycles.